The van der Waals surface area contributed by atoms with Gasteiger partial charge in [0.2, 0.25) is 0 Å². The van der Waals surface area contributed by atoms with E-state index < -0.39 is 0 Å². The summed E-state index contributed by atoms with van der Waals surface area (Å²) in [5, 5.41) is 7.35. The molecule has 0 bridgehead atoms. The van der Waals surface area contributed by atoms with E-state index in [0.717, 1.165) is 16.6 Å². The molecule has 39 heavy (non-hydrogen) atoms. The van der Waals surface area contributed by atoms with Gasteiger partial charge in [0.25, 0.3) is 0 Å². The Labute approximate surface area is 225 Å². The first kappa shape index (κ1) is 21.2. The van der Waals surface area contributed by atoms with E-state index >= 15 is 0 Å². The first-order valence-corrected chi connectivity index (χ1v) is 13.6. The molecule has 0 N–H and O–H groups in total. The summed E-state index contributed by atoms with van der Waals surface area (Å²) in [4.78, 5) is 0. The van der Waals surface area contributed by atoms with Crippen molar-refractivity contribution in [2.45, 2.75) is 19.3 Å². The minimum atomic E-state index is -0.0464. The molecule has 0 aliphatic heterocycles. The predicted octanol–water partition coefficient (Wildman–Crippen LogP) is 10.1. The molecule has 2 nitrogen and oxygen atoms in total. The third-order valence-corrected chi connectivity index (χ3v) is 8.98. The van der Waals surface area contributed by atoms with E-state index in [1.54, 1.807) is 0 Å². The maximum atomic E-state index is 6.24. The van der Waals surface area contributed by atoms with Gasteiger partial charge in [-0.05, 0) is 75.5 Å². The number of rotatable bonds is 1. The topological polar surface area (TPSA) is 18.1 Å². The quantitative estimate of drug-likeness (QED) is 0.220. The number of para-hydroxylation sites is 2. The zero-order valence-electron chi connectivity index (χ0n) is 21.8. The van der Waals surface area contributed by atoms with Crippen molar-refractivity contribution in [3.63, 3.8) is 0 Å². The number of fused-ring (bicyclic) bond motifs is 11. The molecule has 6 aromatic carbocycles. The van der Waals surface area contributed by atoms with Crippen LogP contribution in [0.2, 0.25) is 0 Å². The van der Waals surface area contributed by atoms with Gasteiger partial charge in [-0.2, -0.15) is 0 Å². The van der Waals surface area contributed by atoms with Crippen molar-refractivity contribution in [2.75, 3.05) is 0 Å². The molecule has 0 spiro atoms. The molecule has 0 fully saturated rings. The molecule has 0 amide bonds. The first-order valence-electron chi connectivity index (χ1n) is 13.6. The summed E-state index contributed by atoms with van der Waals surface area (Å²) in [6, 6.07) is 42.1. The summed E-state index contributed by atoms with van der Waals surface area (Å²) in [7, 11) is 0. The molecule has 2 heteroatoms. The average Bonchev–Trinajstić information content (AvgIpc) is 3.58. The second-order valence-corrected chi connectivity index (χ2v) is 11.4. The Morgan fingerprint density at radius 3 is 2.23 bits per heavy atom. The van der Waals surface area contributed by atoms with Gasteiger partial charge in [-0.1, -0.05) is 86.6 Å². The Hall–Kier alpha value is -4.82. The van der Waals surface area contributed by atoms with Crippen molar-refractivity contribution in [1.82, 2.24) is 4.57 Å². The predicted molar refractivity (Wildman–Crippen MR) is 163 cm³/mol. The lowest BCUT2D eigenvalue weighted by Crippen LogP contribution is -2.15. The largest absolute Gasteiger partial charge is 0.456 e. The van der Waals surface area contributed by atoms with Crippen LogP contribution in [0.25, 0.3) is 71.3 Å². The number of nitrogens with zero attached hydrogens (tertiary/aromatic N) is 1. The van der Waals surface area contributed by atoms with E-state index in [4.69, 9.17) is 4.42 Å². The van der Waals surface area contributed by atoms with Crippen LogP contribution in [0, 0.1) is 0 Å². The molecule has 184 valence electrons. The van der Waals surface area contributed by atoms with Gasteiger partial charge in [0.15, 0.2) is 0 Å². The minimum Gasteiger partial charge on any atom is -0.456 e. The molecule has 0 saturated carbocycles. The Bertz CT molecular complexity index is 2310. The summed E-state index contributed by atoms with van der Waals surface area (Å²) in [5.74, 6) is 0. The zero-order valence-corrected chi connectivity index (χ0v) is 21.8. The molecule has 0 unspecified atom stereocenters. The molecular formula is C37H25NO. The Kier molecular flexibility index (Phi) is 3.89. The Morgan fingerprint density at radius 2 is 1.31 bits per heavy atom. The van der Waals surface area contributed by atoms with Gasteiger partial charge in [-0.15, -0.1) is 0 Å². The highest BCUT2D eigenvalue weighted by Gasteiger charge is 2.35. The van der Waals surface area contributed by atoms with Gasteiger partial charge in [-0.25, -0.2) is 0 Å². The van der Waals surface area contributed by atoms with Gasteiger partial charge >= 0.3 is 0 Å². The van der Waals surface area contributed by atoms with Gasteiger partial charge in [0.1, 0.15) is 11.2 Å². The van der Waals surface area contributed by atoms with E-state index in [-0.39, 0.29) is 5.41 Å². The second kappa shape index (κ2) is 7.18. The van der Waals surface area contributed by atoms with Crippen LogP contribution >= 0.6 is 0 Å². The molecule has 0 radical (unpaired) electrons. The number of hydrogen-bond donors (Lipinski definition) is 0. The zero-order chi connectivity index (χ0) is 25.9. The molecule has 1 aliphatic rings. The maximum absolute atomic E-state index is 6.24. The molecule has 2 heterocycles. The lowest BCUT2D eigenvalue weighted by Gasteiger charge is -2.22. The van der Waals surface area contributed by atoms with Gasteiger partial charge in [0.05, 0.1) is 11.0 Å². The maximum Gasteiger partial charge on any atom is 0.136 e. The van der Waals surface area contributed by atoms with Gasteiger partial charge in [-0.3, -0.25) is 0 Å². The number of aromatic nitrogens is 1. The normalized spacial score (nSPS) is 14.1. The third kappa shape index (κ3) is 2.66. The first-order chi connectivity index (χ1) is 19.1. The molecular weight excluding hydrogens is 474 g/mol. The van der Waals surface area contributed by atoms with Crippen LogP contribution in [0.4, 0.5) is 0 Å². The van der Waals surface area contributed by atoms with E-state index in [2.05, 4.69) is 128 Å². The summed E-state index contributed by atoms with van der Waals surface area (Å²) < 4.78 is 8.69. The van der Waals surface area contributed by atoms with E-state index in [0.29, 0.717) is 0 Å². The lowest BCUT2D eigenvalue weighted by atomic mass is 9.82. The van der Waals surface area contributed by atoms with Crippen LogP contribution in [0.5, 0.6) is 0 Å². The highest BCUT2D eigenvalue weighted by atomic mass is 16.3. The number of hydrogen-bond acceptors (Lipinski definition) is 1. The van der Waals surface area contributed by atoms with Crippen molar-refractivity contribution in [1.29, 1.82) is 0 Å². The fourth-order valence-corrected chi connectivity index (χ4v) is 7.12. The lowest BCUT2D eigenvalue weighted by molar-refractivity contribution is 0.660. The third-order valence-electron chi connectivity index (χ3n) is 8.98. The fraction of sp³-hybridized carbons (Fsp3) is 0.0811. The number of benzene rings is 6. The molecule has 2 aromatic heterocycles. The summed E-state index contributed by atoms with van der Waals surface area (Å²) in [6.45, 7) is 4.70. The van der Waals surface area contributed by atoms with Crippen molar-refractivity contribution in [3.05, 3.63) is 126 Å². The SMILES string of the molecule is CC1(C)c2ccccc2-c2ccc(-n3c4ccccc4c4cc5ccc6oc7ccccc7c6c5cc43)cc21. The van der Waals surface area contributed by atoms with Crippen LogP contribution in [-0.4, -0.2) is 4.57 Å². The van der Waals surface area contributed by atoms with Crippen LogP contribution < -0.4 is 0 Å². The van der Waals surface area contributed by atoms with Crippen molar-refractivity contribution in [3.8, 4) is 16.8 Å². The fourth-order valence-electron chi connectivity index (χ4n) is 7.12. The minimum absolute atomic E-state index is 0.0464. The van der Waals surface area contributed by atoms with Crippen LogP contribution in [0.15, 0.2) is 120 Å². The monoisotopic (exact) mass is 499 g/mol. The van der Waals surface area contributed by atoms with Crippen LogP contribution in [-0.2, 0) is 5.41 Å². The highest BCUT2D eigenvalue weighted by Crippen LogP contribution is 2.49. The van der Waals surface area contributed by atoms with E-state index in [1.165, 1.54) is 65.9 Å². The highest BCUT2D eigenvalue weighted by molar-refractivity contribution is 6.23. The van der Waals surface area contributed by atoms with Crippen LogP contribution in [0.3, 0.4) is 0 Å². The van der Waals surface area contributed by atoms with Gasteiger partial charge in [0, 0.05) is 32.6 Å². The Balaban J connectivity index is 1.40. The second-order valence-electron chi connectivity index (χ2n) is 11.4. The smallest absolute Gasteiger partial charge is 0.136 e. The summed E-state index contributed by atoms with van der Waals surface area (Å²) in [6.07, 6.45) is 0. The van der Waals surface area contributed by atoms with Gasteiger partial charge < -0.3 is 8.98 Å². The summed E-state index contributed by atoms with van der Waals surface area (Å²) >= 11 is 0. The molecule has 8 aromatic rings. The Morgan fingerprint density at radius 1 is 0.538 bits per heavy atom. The number of furan rings is 1. The molecule has 0 atom stereocenters. The summed E-state index contributed by atoms with van der Waals surface area (Å²) in [5.41, 5.74) is 10.9. The molecule has 1 aliphatic carbocycles. The van der Waals surface area contributed by atoms with Crippen molar-refractivity contribution in [2.24, 2.45) is 0 Å². The molecule has 9 rings (SSSR count). The van der Waals surface area contributed by atoms with Crippen molar-refractivity contribution < 1.29 is 4.42 Å². The standard InChI is InChI=1S/C37H25NO/c1-37(2)30-12-6-3-9-24(30)25-17-16-23(20-31(25)37)38-32-13-7-4-10-26(32)29-19-22-15-18-35-36(28(22)21-33(29)38)27-11-5-8-14-34(27)39-35/h3-21H,1-2H3. The average molecular weight is 500 g/mol. The molecule has 0 saturated heterocycles. The van der Waals surface area contributed by atoms with E-state index in [1.807, 2.05) is 6.07 Å². The van der Waals surface area contributed by atoms with Crippen LogP contribution in [0.1, 0.15) is 25.0 Å². The van der Waals surface area contributed by atoms with Crippen molar-refractivity contribution >= 4 is 54.5 Å². The van der Waals surface area contributed by atoms with E-state index in [9.17, 15) is 0 Å².